The molecule has 2 aromatic heterocycles. The van der Waals surface area contributed by atoms with Crippen molar-refractivity contribution in [2.75, 3.05) is 12.1 Å². The molecular formula is C21H29N6O5P. The quantitative estimate of drug-likeness (QED) is 0.352. The number of hydrogen-bond acceptors (Lipinski definition) is 8. The molecule has 33 heavy (non-hydrogen) atoms. The lowest BCUT2D eigenvalue weighted by atomic mass is 9.90. The van der Waals surface area contributed by atoms with E-state index in [0.29, 0.717) is 23.5 Å². The second-order valence-electron chi connectivity index (χ2n) is 8.29. The van der Waals surface area contributed by atoms with Crippen LogP contribution in [0.2, 0.25) is 0 Å². The Bertz CT molecular complexity index is 1150. The van der Waals surface area contributed by atoms with Gasteiger partial charge in [0.15, 0.2) is 11.5 Å². The SMILES string of the molecule is CC(C)[C@](C)(NP(=O)(CO[C@H](C)Cn1cnc2c(N)ncnc21)Oc1ccccc1)C(=O)O. The molecule has 0 aliphatic heterocycles. The minimum Gasteiger partial charge on any atom is -0.480 e. The van der Waals surface area contributed by atoms with E-state index in [2.05, 4.69) is 20.0 Å². The van der Waals surface area contributed by atoms with E-state index in [-0.39, 0.29) is 18.1 Å². The van der Waals surface area contributed by atoms with E-state index in [0.717, 1.165) is 0 Å². The molecule has 0 aliphatic rings. The first kappa shape index (κ1) is 24.6. The van der Waals surface area contributed by atoms with Crippen LogP contribution >= 0.6 is 7.52 Å². The third-order valence-corrected chi connectivity index (χ3v) is 7.21. The van der Waals surface area contributed by atoms with E-state index in [4.69, 9.17) is 15.0 Å². The molecule has 1 unspecified atom stereocenters. The highest BCUT2D eigenvalue weighted by molar-refractivity contribution is 7.57. The van der Waals surface area contributed by atoms with Gasteiger partial charge in [0.05, 0.1) is 19.0 Å². The molecule has 3 atom stereocenters. The molecule has 4 N–H and O–H groups in total. The number of hydrogen-bond donors (Lipinski definition) is 3. The van der Waals surface area contributed by atoms with Gasteiger partial charge in [0.1, 0.15) is 29.5 Å². The summed E-state index contributed by atoms with van der Waals surface area (Å²) in [5.41, 5.74) is 5.37. The van der Waals surface area contributed by atoms with Crippen molar-refractivity contribution in [3.8, 4) is 5.75 Å². The Balaban J connectivity index is 1.78. The number of aliphatic carboxylic acids is 1. The van der Waals surface area contributed by atoms with Gasteiger partial charge in [0.2, 0.25) is 0 Å². The number of nitrogens with one attached hydrogen (secondary N) is 1. The van der Waals surface area contributed by atoms with E-state index < -0.39 is 25.1 Å². The van der Waals surface area contributed by atoms with Gasteiger partial charge in [-0.2, -0.15) is 0 Å². The fourth-order valence-corrected chi connectivity index (χ4v) is 5.24. The number of ether oxygens (including phenoxy) is 1. The molecule has 1 aromatic carbocycles. The number of carboxylic acids is 1. The summed E-state index contributed by atoms with van der Waals surface area (Å²) < 4.78 is 27.2. The van der Waals surface area contributed by atoms with Crippen molar-refractivity contribution < 1.29 is 23.7 Å². The maximum absolute atomic E-state index is 13.8. The Labute approximate surface area is 191 Å². The van der Waals surface area contributed by atoms with Crippen LogP contribution in [0, 0.1) is 5.92 Å². The number of nitrogens with two attached hydrogens (primary N) is 1. The summed E-state index contributed by atoms with van der Waals surface area (Å²) in [5, 5.41) is 12.5. The normalized spacial score (nSPS) is 16.3. The second kappa shape index (κ2) is 9.86. The fraction of sp³-hybridized carbons (Fsp3) is 0.429. The molecule has 12 heteroatoms. The minimum absolute atomic E-state index is 0.277. The van der Waals surface area contributed by atoms with Gasteiger partial charge >= 0.3 is 13.5 Å². The molecule has 0 amide bonds. The van der Waals surface area contributed by atoms with Gasteiger partial charge in [-0.1, -0.05) is 32.0 Å². The third kappa shape index (κ3) is 5.68. The number of aromatic nitrogens is 4. The van der Waals surface area contributed by atoms with Crippen LogP contribution in [0.15, 0.2) is 43.0 Å². The molecule has 0 aliphatic carbocycles. The Morgan fingerprint density at radius 2 is 1.94 bits per heavy atom. The van der Waals surface area contributed by atoms with Crippen molar-refractivity contribution in [3.63, 3.8) is 0 Å². The topological polar surface area (TPSA) is 154 Å². The summed E-state index contributed by atoms with van der Waals surface area (Å²) in [4.78, 5) is 24.3. The zero-order chi connectivity index (χ0) is 24.2. The summed E-state index contributed by atoms with van der Waals surface area (Å²) in [6, 6.07) is 8.56. The van der Waals surface area contributed by atoms with E-state index in [9.17, 15) is 14.5 Å². The second-order valence-corrected chi connectivity index (χ2v) is 10.3. The summed E-state index contributed by atoms with van der Waals surface area (Å²) in [6.07, 6.45) is 2.16. The van der Waals surface area contributed by atoms with Gasteiger partial charge in [-0.05, 0) is 31.9 Å². The Morgan fingerprint density at radius 1 is 1.24 bits per heavy atom. The fourth-order valence-electron chi connectivity index (χ4n) is 3.10. The third-order valence-electron chi connectivity index (χ3n) is 5.41. The first-order valence-corrected chi connectivity index (χ1v) is 12.2. The number of fused-ring (bicyclic) bond motifs is 1. The molecule has 0 bridgehead atoms. The van der Waals surface area contributed by atoms with E-state index in [1.165, 1.54) is 13.3 Å². The number of anilines is 1. The van der Waals surface area contributed by atoms with Crippen LogP contribution in [0.25, 0.3) is 11.2 Å². The predicted octanol–water partition coefficient (Wildman–Crippen LogP) is 3.13. The number of nitrogens with zero attached hydrogens (tertiary/aromatic N) is 4. The van der Waals surface area contributed by atoms with Crippen molar-refractivity contribution in [3.05, 3.63) is 43.0 Å². The lowest BCUT2D eigenvalue weighted by molar-refractivity contribution is -0.145. The monoisotopic (exact) mass is 476 g/mol. The van der Waals surface area contributed by atoms with E-state index >= 15 is 0 Å². The number of nitrogen functional groups attached to an aromatic ring is 1. The van der Waals surface area contributed by atoms with Crippen molar-refractivity contribution >= 4 is 30.5 Å². The van der Waals surface area contributed by atoms with Gasteiger partial charge in [0, 0.05) is 0 Å². The number of carbonyl (C=O) groups is 1. The molecule has 3 rings (SSSR count). The van der Waals surface area contributed by atoms with Gasteiger partial charge in [-0.25, -0.2) is 20.0 Å². The predicted molar refractivity (Wildman–Crippen MR) is 124 cm³/mol. The van der Waals surface area contributed by atoms with Crippen molar-refractivity contribution in [2.45, 2.75) is 45.9 Å². The molecule has 0 saturated carbocycles. The Kier molecular flexibility index (Phi) is 7.36. The largest absolute Gasteiger partial charge is 0.480 e. The minimum atomic E-state index is -3.79. The van der Waals surface area contributed by atoms with Gasteiger partial charge in [-0.15, -0.1) is 0 Å². The van der Waals surface area contributed by atoms with Gasteiger partial charge in [-0.3, -0.25) is 9.36 Å². The molecule has 0 fully saturated rings. The van der Waals surface area contributed by atoms with Gasteiger partial charge < -0.3 is 24.7 Å². The molecule has 2 heterocycles. The van der Waals surface area contributed by atoms with Crippen LogP contribution in [0.3, 0.4) is 0 Å². The average Bonchev–Trinajstić information content (AvgIpc) is 3.17. The summed E-state index contributed by atoms with van der Waals surface area (Å²) >= 11 is 0. The van der Waals surface area contributed by atoms with Crippen molar-refractivity contribution in [2.24, 2.45) is 5.92 Å². The number of benzene rings is 1. The van der Waals surface area contributed by atoms with Crippen LogP contribution in [-0.4, -0.2) is 48.6 Å². The zero-order valence-corrected chi connectivity index (χ0v) is 19.9. The average molecular weight is 476 g/mol. The summed E-state index contributed by atoms with van der Waals surface area (Å²) in [7, 11) is -3.79. The zero-order valence-electron chi connectivity index (χ0n) is 19.0. The van der Waals surface area contributed by atoms with Crippen LogP contribution in [-0.2, 0) is 20.6 Å². The number of para-hydroxylation sites is 1. The molecule has 0 radical (unpaired) electrons. The lowest BCUT2D eigenvalue weighted by Gasteiger charge is -2.34. The highest BCUT2D eigenvalue weighted by Crippen LogP contribution is 2.46. The van der Waals surface area contributed by atoms with Crippen LogP contribution in [0.5, 0.6) is 5.75 Å². The molecule has 11 nitrogen and oxygen atoms in total. The Hall–Kier alpha value is -3.01. The van der Waals surface area contributed by atoms with Gasteiger partial charge in [0.25, 0.3) is 0 Å². The maximum atomic E-state index is 13.8. The first-order chi connectivity index (χ1) is 15.5. The highest BCUT2D eigenvalue weighted by atomic mass is 31.2. The van der Waals surface area contributed by atoms with Crippen LogP contribution in [0.4, 0.5) is 5.82 Å². The Morgan fingerprint density at radius 3 is 2.58 bits per heavy atom. The highest BCUT2D eigenvalue weighted by Gasteiger charge is 2.44. The standard InChI is InChI=1S/C21H29N6O5P/c1-14(2)21(4,20(28)29)26-33(30,32-16-8-6-5-7-9-16)13-31-15(3)10-27-12-25-17-18(22)23-11-24-19(17)27/h5-9,11-12,14-15H,10,13H2,1-4H3,(H,26,30)(H,28,29)(H2,22,23,24)/t15-,21+,33?/m1/s1. The van der Waals surface area contributed by atoms with Crippen molar-refractivity contribution in [1.82, 2.24) is 24.6 Å². The smallest absolute Gasteiger partial charge is 0.342 e. The lowest BCUT2D eigenvalue weighted by Crippen LogP contribution is -2.53. The van der Waals surface area contributed by atoms with E-state index in [1.54, 1.807) is 62.0 Å². The number of carboxylic acid groups (broad SMARTS) is 1. The molecule has 0 spiro atoms. The maximum Gasteiger partial charge on any atom is 0.342 e. The molecule has 0 saturated heterocycles. The summed E-state index contributed by atoms with van der Waals surface area (Å²) in [6.45, 7) is 7.08. The number of rotatable bonds is 11. The number of imidazole rings is 1. The molecule has 3 aromatic rings. The molecule has 178 valence electrons. The van der Waals surface area contributed by atoms with E-state index in [1.807, 2.05) is 0 Å². The van der Waals surface area contributed by atoms with Crippen LogP contribution in [0.1, 0.15) is 27.7 Å². The first-order valence-electron chi connectivity index (χ1n) is 10.4. The van der Waals surface area contributed by atoms with Crippen LogP contribution < -0.4 is 15.3 Å². The molecular weight excluding hydrogens is 447 g/mol. The summed E-state index contributed by atoms with van der Waals surface area (Å²) in [5.74, 6) is -0.889. The van der Waals surface area contributed by atoms with Crippen molar-refractivity contribution in [1.29, 1.82) is 0 Å².